The van der Waals surface area contributed by atoms with Crippen LogP contribution in [-0.4, -0.2) is 41.8 Å². The second-order valence-corrected chi connectivity index (χ2v) is 8.83. The largest absolute Gasteiger partial charge is 0.335 e. The number of hydrogen-bond acceptors (Lipinski definition) is 4. The minimum Gasteiger partial charge on any atom is -0.335 e. The Morgan fingerprint density at radius 2 is 1.78 bits per heavy atom. The molecule has 0 saturated carbocycles. The molecule has 0 N–H and O–H groups in total. The van der Waals surface area contributed by atoms with Crippen LogP contribution in [0.5, 0.6) is 0 Å². The van der Waals surface area contributed by atoms with Gasteiger partial charge in [-0.15, -0.1) is 0 Å². The smallest absolute Gasteiger partial charge is 0.241 e. The lowest BCUT2D eigenvalue weighted by molar-refractivity contribution is -0.133. The fourth-order valence-corrected chi connectivity index (χ4v) is 5.58. The van der Waals surface area contributed by atoms with Gasteiger partial charge in [-0.05, 0) is 43.4 Å². The number of nitrogens with zero attached hydrogens (tertiary/aromatic N) is 2. The molecule has 6 heteroatoms. The van der Waals surface area contributed by atoms with Crippen molar-refractivity contribution in [3.63, 3.8) is 0 Å². The first-order valence-electron chi connectivity index (χ1n) is 8.51. The Labute approximate surface area is 138 Å². The van der Waals surface area contributed by atoms with Crippen LogP contribution in [0.4, 0.5) is 0 Å². The van der Waals surface area contributed by atoms with Crippen molar-refractivity contribution in [3.8, 4) is 0 Å². The third kappa shape index (κ3) is 3.57. The fraction of sp³-hybridized carbons (Fsp3) is 0.647. The molecule has 2 aliphatic rings. The number of carbonyl (C=O) groups is 1. The zero-order valence-electron chi connectivity index (χ0n) is 13.4. The topological polar surface area (TPSA) is 67.3 Å². The van der Waals surface area contributed by atoms with E-state index < -0.39 is 15.1 Å². The van der Waals surface area contributed by atoms with Crippen LogP contribution < -0.4 is 0 Å². The summed E-state index contributed by atoms with van der Waals surface area (Å²) in [5.74, 6) is -0.0367. The van der Waals surface area contributed by atoms with E-state index in [-0.39, 0.29) is 17.7 Å². The predicted octanol–water partition coefficient (Wildman–Crippen LogP) is 2.49. The molecule has 0 aliphatic carbocycles. The van der Waals surface area contributed by atoms with Gasteiger partial charge >= 0.3 is 0 Å². The first-order valence-corrected chi connectivity index (χ1v) is 10.2. The summed E-state index contributed by atoms with van der Waals surface area (Å²) >= 11 is 0. The normalized spacial score (nSPS) is 28.1. The summed E-state index contributed by atoms with van der Waals surface area (Å²) in [6.45, 7) is 0.651. The Kier molecular flexibility index (Phi) is 4.99. The summed E-state index contributed by atoms with van der Waals surface area (Å²) in [6, 6.07) is 3.85. The minimum absolute atomic E-state index is 0.0230. The molecule has 3 rings (SSSR count). The SMILES string of the molecule is O=C([C@@H]1CCCCS1(=O)=O)N1CCCCC[C@@H]1c1ccncc1. The molecule has 0 radical (unpaired) electrons. The molecule has 0 spiro atoms. The van der Waals surface area contributed by atoms with Crippen molar-refractivity contribution < 1.29 is 13.2 Å². The summed E-state index contributed by atoms with van der Waals surface area (Å²) in [4.78, 5) is 18.9. The maximum absolute atomic E-state index is 13.0. The van der Waals surface area contributed by atoms with Gasteiger partial charge in [-0.1, -0.05) is 19.3 Å². The molecule has 0 bridgehead atoms. The predicted molar refractivity (Wildman–Crippen MR) is 88.6 cm³/mol. The highest BCUT2D eigenvalue weighted by Crippen LogP contribution is 2.32. The summed E-state index contributed by atoms with van der Waals surface area (Å²) in [6.07, 6.45) is 9.43. The molecule has 1 aromatic rings. The Hall–Kier alpha value is -1.43. The average molecular weight is 336 g/mol. The molecule has 23 heavy (non-hydrogen) atoms. The van der Waals surface area contributed by atoms with Crippen LogP contribution >= 0.6 is 0 Å². The second kappa shape index (κ2) is 6.99. The number of sulfone groups is 1. The molecule has 2 aliphatic heterocycles. The van der Waals surface area contributed by atoms with Gasteiger partial charge in [-0.2, -0.15) is 0 Å². The van der Waals surface area contributed by atoms with E-state index in [0.29, 0.717) is 19.4 Å². The van der Waals surface area contributed by atoms with E-state index in [4.69, 9.17) is 0 Å². The molecule has 0 aromatic carbocycles. The van der Waals surface area contributed by atoms with Gasteiger partial charge in [-0.3, -0.25) is 9.78 Å². The van der Waals surface area contributed by atoms with Gasteiger partial charge in [0.15, 0.2) is 9.84 Å². The third-order valence-electron chi connectivity index (χ3n) is 4.98. The lowest BCUT2D eigenvalue weighted by atomic mass is 10.0. The van der Waals surface area contributed by atoms with Gasteiger partial charge in [0.1, 0.15) is 5.25 Å². The number of aromatic nitrogens is 1. The van der Waals surface area contributed by atoms with Crippen LogP contribution in [0.1, 0.15) is 56.6 Å². The zero-order valence-corrected chi connectivity index (χ0v) is 14.2. The number of rotatable bonds is 2. The lowest BCUT2D eigenvalue weighted by Gasteiger charge is -2.34. The molecule has 0 unspecified atom stereocenters. The summed E-state index contributed by atoms with van der Waals surface area (Å²) in [5, 5.41) is -0.835. The van der Waals surface area contributed by atoms with Gasteiger partial charge in [0.25, 0.3) is 0 Å². The third-order valence-corrected chi connectivity index (χ3v) is 7.14. The standard InChI is InChI=1S/C17H24N2O3S/c20-17(16-7-3-5-13-23(16,21)22)19-12-4-1-2-6-15(19)14-8-10-18-11-9-14/h8-11,15-16H,1-7,12-13H2/t15-,16+/m1/s1. The molecule has 1 aromatic heterocycles. The lowest BCUT2D eigenvalue weighted by Crippen LogP contribution is -2.46. The maximum atomic E-state index is 13.0. The molecule has 2 atom stereocenters. The van der Waals surface area contributed by atoms with Crippen LogP contribution in [-0.2, 0) is 14.6 Å². The van der Waals surface area contributed by atoms with Crippen molar-refractivity contribution in [2.75, 3.05) is 12.3 Å². The average Bonchev–Trinajstić information content (AvgIpc) is 2.80. The highest BCUT2D eigenvalue weighted by atomic mass is 32.2. The second-order valence-electron chi connectivity index (χ2n) is 6.53. The number of likely N-dealkylation sites (tertiary alicyclic amines) is 1. The van der Waals surface area contributed by atoms with E-state index in [9.17, 15) is 13.2 Å². The van der Waals surface area contributed by atoms with Gasteiger partial charge < -0.3 is 4.90 Å². The van der Waals surface area contributed by atoms with E-state index >= 15 is 0 Å². The molecule has 126 valence electrons. The maximum Gasteiger partial charge on any atom is 0.241 e. The van der Waals surface area contributed by atoms with Crippen molar-refractivity contribution in [1.82, 2.24) is 9.88 Å². The Morgan fingerprint density at radius 1 is 1.04 bits per heavy atom. The molecule has 5 nitrogen and oxygen atoms in total. The first kappa shape index (κ1) is 16.4. The van der Waals surface area contributed by atoms with Gasteiger partial charge in [-0.25, -0.2) is 8.42 Å². The van der Waals surface area contributed by atoms with Gasteiger partial charge in [0.2, 0.25) is 5.91 Å². The van der Waals surface area contributed by atoms with Crippen molar-refractivity contribution >= 4 is 15.7 Å². The van der Waals surface area contributed by atoms with Crippen molar-refractivity contribution in [3.05, 3.63) is 30.1 Å². The first-order chi connectivity index (χ1) is 11.1. The van der Waals surface area contributed by atoms with E-state index in [2.05, 4.69) is 4.98 Å². The molecule has 2 saturated heterocycles. The van der Waals surface area contributed by atoms with E-state index in [1.54, 1.807) is 12.4 Å². The summed E-state index contributed by atoms with van der Waals surface area (Å²) in [5.41, 5.74) is 1.06. The van der Waals surface area contributed by atoms with Crippen LogP contribution in [0.2, 0.25) is 0 Å². The quantitative estimate of drug-likeness (QED) is 0.832. The Bertz CT molecular complexity index is 645. The molecule has 1 amide bonds. The summed E-state index contributed by atoms with van der Waals surface area (Å²) in [7, 11) is -3.29. The van der Waals surface area contributed by atoms with Gasteiger partial charge in [0, 0.05) is 18.9 Å². The minimum atomic E-state index is -3.29. The van der Waals surface area contributed by atoms with Gasteiger partial charge in [0.05, 0.1) is 11.8 Å². The number of hydrogen-bond donors (Lipinski definition) is 0. The highest BCUT2D eigenvalue weighted by Gasteiger charge is 2.39. The fourth-order valence-electron chi connectivity index (χ4n) is 3.72. The molecular formula is C17H24N2O3S. The Morgan fingerprint density at radius 3 is 2.52 bits per heavy atom. The van der Waals surface area contributed by atoms with Crippen molar-refractivity contribution in [1.29, 1.82) is 0 Å². The van der Waals surface area contributed by atoms with Crippen LogP contribution in [0.3, 0.4) is 0 Å². The van der Waals surface area contributed by atoms with Crippen molar-refractivity contribution in [2.24, 2.45) is 0 Å². The number of pyridine rings is 1. The summed E-state index contributed by atoms with van der Waals surface area (Å²) < 4.78 is 24.7. The number of carbonyl (C=O) groups excluding carboxylic acids is 1. The van der Waals surface area contributed by atoms with Crippen LogP contribution in [0.25, 0.3) is 0 Å². The highest BCUT2D eigenvalue weighted by molar-refractivity contribution is 7.92. The zero-order chi connectivity index (χ0) is 16.3. The van der Waals surface area contributed by atoms with E-state index in [0.717, 1.165) is 37.7 Å². The van der Waals surface area contributed by atoms with Crippen molar-refractivity contribution in [2.45, 2.75) is 56.2 Å². The van der Waals surface area contributed by atoms with Crippen LogP contribution in [0, 0.1) is 0 Å². The monoisotopic (exact) mass is 336 g/mol. The van der Waals surface area contributed by atoms with E-state index in [1.807, 2.05) is 17.0 Å². The molecule has 2 fully saturated rings. The molecule has 3 heterocycles. The molecular weight excluding hydrogens is 312 g/mol. The van der Waals surface area contributed by atoms with Crippen LogP contribution in [0.15, 0.2) is 24.5 Å². The van der Waals surface area contributed by atoms with E-state index in [1.165, 1.54) is 0 Å². The Balaban J connectivity index is 1.89. The number of amides is 1.